The summed E-state index contributed by atoms with van der Waals surface area (Å²) < 4.78 is 12.4. The first-order valence-electron chi connectivity index (χ1n) is 9.18. The Bertz CT molecular complexity index is 931. The number of aromatic nitrogens is 3. The molecule has 1 unspecified atom stereocenters. The molecule has 0 amide bonds. The summed E-state index contributed by atoms with van der Waals surface area (Å²) in [5.41, 5.74) is 0.756. The predicted octanol–water partition coefficient (Wildman–Crippen LogP) is 4.85. The molecule has 1 atom stereocenters. The van der Waals surface area contributed by atoms with Gasteiger partial charge >= 0.3 is 0 Å². The van der Waals surface area contributed by atoms with Crippen LogP contribution in [0.3, 0.4) is 0 Å². The Morgan fingerprint density at radius 1 is 1.21 bits per heavy atom. The van der Waals surface area contributed by atoms with Crippen LogP contribution in [0.4, 0.5) is 0 Å². The number of nitrogens with zero attached hydrogens (tertiary/aromatic N) is 3. The van der Waals surface area contributed by atoms with E-state index in [-0.39, 0.29) is 6.04 Å². The van der Waals surface area contributed by atoms with E-state index in [1.165, 1.54) is 19.3 Å². The molecule has 1 aromatic carbocycles. The van der Waals surface area contributed by atoms with Gasteiger partial charge in [-0.05, 0) is 33.0 Å². The second kappa shape index (κ2) is 11.0. The fourth-order valence-electron chi connectivity index (χ4n) is 2.12. The van der Waals surface area contributed by atoms with Crippen molar-refractivity contribution in [2.24, 2.45) is 0 Å². The van der Waals surface area contributed by atoms with Crippen LogP contribution in [0.5, 0.6) is 17.5 Å². The van der Waals surface area contributed by atoms with Crippen LogP contribution >= 0.6 is 22.9 Å². The Morgan fingerprint density at radius 3 is 2.45 bits per heavy atom. The van der Waals surface area contributed by atoms with E-state index in [9.17, 15) is 0 Å². The fourth-order valence-corrected chi connectivity index (χ4v) is 3.40. The summed E-state index contributed by atoms with van der Waals surface area (Å²) >= 11 is 8.13. The summed E-state index contributed by atoms with van der Waals surface area (Å²) in [6.45, 7) is 8.20. The molecule has 7 nitrogen and oxygen atoms in total. The van der Waals surface area contributed by atoms with Crippen LogP contribution in [-0.4, -0.2) is 40.9 Å². The molecule has 156 valence electrons. The molecule has 1 N–H and O–H groups in total. The number of likely N-dealkylation sites (N-methyl/N-ethyl adjacent to an activating group) is 1. The number of aldehydes is 1. The number of hydrogen-bond acceptors (Lipinski definition) is 8. The van der Waals surface area contributed by atoms with Gasteiger partial charge in [0.2, 0.25) is 11.8 Å². The summed E-state index contributed by atoms with van der Waals surface area (Å²) in [5.74, 6) is 1.66. The number of ether oxygens (including phenoxy) is 2. The number of thiazole rings is 1. The van der Waals surface area contributed by atoms with Crippen molar-refractivity contribution < 1.29 is 14.3 Å². The lowest BCUT2D eigenvalue weighted by Gasteiger charge is -2.11. The third-order valence-corrected chi connectivity index (χ3v) is 5.45. The van der Waals surface area contributed by atoms with Crippen molar-refractivity contribution in [2.45, 2.75) is 39.7 Å². The van der Waals surface area contributed by atoms with Gasteiger partial charge in [0, 0.05) is 12.0 Å². The minimum Gasteiger partial charge on any atom is -0.475 e. The zero-order valence-electron chi connectivity index (χ0n) is 17.1. The van der Waals surface area contributed by atoms with Gasteiger partial charge in [0.25, 0.3) is 0 Å². The molecule has 0 fully saturated rings. The van der Waals surface area contributed by atoms with Crippen molar-refractivity contribution in [2.75, 3.05) is 13.7 Å². The zero-order valence-corrected chi connectivity index (χ0v) is 18.7. The van der Waals surface area contributed by atoms with Crippen molar-refractivity contribution in [1.29, 1.82) is 0 Å². The minimum absolute atomic E-state index is 0.229. The van der Waals surface area contributed by atoms with Gasteiger partial charge in [-0.3, -0.25) is 0 Å². The molecule has 9 heteroatoms. The van der Waals surface area contributed by atoms with E-state index in [0.29, 0.717) is 35.1 Å². The van der Waals surface area contributed by atoms with Crippen LogP contribution < -0.4 is 14.8 Å². The molecule has 0 aliphatic carbocycles. The third kappa shape index (κ3) is 6.35. The molecule has 0 saturated carbocycles. The molecule has 3 rings (SSSR count). The fraction of sp³-hybridized carbons (Fsp3) is 0.400. The van der Waals surface area contributed by atoms with Crippen molar-refractivity contribution in [3.8, 4) is 17.5 Å². The number of carbonyl (C=O) groups is 1. The number of nitrogens with one attached hydrogen (secondary N) is 1. The van der Waals surface area contributed by atoms with Crippen LogP contribution in [0.15, 0.2) is 24.5 Å². The van der Waals surface area contributed by atoms with Gasteiger partial charge in [0.1, 0.15) is 29.2 Å². The van der Waals surface area contributed by atoms with Crippen molar-refractivity contribution in [3.05, 3.63) is 34.6 Å². The van der Waals surface area contributed by atoms with E-state index >= 15 is 0 Å². The summed E-state index contributed by atoms with van der Waals surface area (Å²) in [7, 11) is 1.88. The smallest absolute Gasteiger partial charge is 0.238 e. The first-order chi connectivity index (χ1) is 13.9. The van der Waals surface area contributed by atoms with E-state index in [2.05, 4.69) is 34.1 Å². The maximum Gasteiger partial charge on any atom is 0.238 e. The van der Waals surface area contributed by atoms with Crippen molar-refractivity contribution >= 4 is 39.4 Å². The highest BCUT2D eigenvalue weighted by molar-refractivity contribution is 7.18. The topological polar surface area (TPSA) is 86.2 Å². The Morgan fingerprint density at radius 2 is 1.86 bits per heavy atom. The number of fused-ring (bicyclic) bond motifs is 1. The first kappa shape index (κ1) is 23.0. The Hall–Kier alpha value is -2.29. The highest BCUT2D eigenvalue weighted by Gasteiger charge is 2.15. The predicted molar refractivity (Wildman–Crippen MR) is 117 cm³/mol. The highest BCUT2D eigenvalue weighted by Crippen LogP contribution is 2.38. The SMILES string of the molecule is CC=O.CNC(C)COc1cnc(Oc2ccc3sc(C(C)C)nc3c2Cl)cn1. The van der Waals surface area contributed by atoms with E-state index < -0.39 is 0 Å². The number of benzene rings is 1. The molecule has 0 aliphatic heterocycles. The third-order valence-electron chi connectivity index (χ3n) is 3.77. The summed E-state index contributed by atoms with van der Waals surface area (Å²) in [6, 6.07) is 4.02. The molecule has 0 radical (unpaired) electrons. The van der Waals surface area contributed by atoms with Crippen LogP contribution in [0.25, 0.3) is 10.2 Å². The molecule has 0 bridgehead atoms. The van der Waals surface area contributed by atoms with E-state index in [1.807, 2.05) is 26.1 Å². The molecule has 3 aromatic rings. The lowest BCUT2D eigenvalue weighted by molar-refractivity contribution is -0.106. The Labute approximate surface area is 179 Å². The van der Waals surface area contributed by atoms with Gasteiger partial charge in [-0.2, -0.15) is 0 Å². The molecule has 0 spiro atoms. The number of rotatable bonds is 7. The lowest BCUT2D eigenvalue weighted by atomic mass is 10.2. The van der Waals surface area contributed by atoms with Crippen LogP contribution in [0.2, 0.25) is 5.02 Å². The van der Waals surface area contributed by atoms with Crippen molar-refractivity contribution in [3.63, 3.8) is 0 Å². The molecule has 0 saturated heterocycles. The largest absolute Gasteiger partial charge is 0.475 e. The van der Waals surface area contributed by atoms with Crippen molar-refractivity contribution in [1.82, 2.24) is 20.3 Å². The van der Waals surface area contributed by atoms with E-state index in [4.69, 9.17) is 25.9 Å². The number of hydrogen-bond donors (Lipinski definition) is 1. The lowest BCUT2D eigenvalue weighted by Crippen LogP contribution is -2.28. The second-order valence-corrected chi connectivity index (χ2v) is 7.90. The molecule has 2 aromatic heterocycles. The number of carbonyl (C=O) groups excluding carboxylic acids is 1. The van der Waals surface area contributed by atoms with Gasteiger partial charge in [-0.25, -0.2) is 15.0 Å². The quantitative estimate of drug-likeness (QED) is 0.530. The van der Waals surface area contributed by atoms with Gasteiger partial charge in [0.05, 0.1) is 22.1 Å². The first-order valence-corrected chi connectivity index (χ1v) is 10.4. The Kier molecular flexibility index (Phi) is 8.75. The van der Waals surface area contributed by atoms with Gasteiger partial charge < -0.3 is 19.6 Å². The molecule has 0 aliphatic rings. The zero-order chi connectivity index (χ0) is 21.4. The molecular weight excluding hydrogens is 412 g/mol. The normalized spacial score (nSPS) is 11.7. The minimum atomic E-state index is 0.229. The maximum atomic E-state index is 8.81. The van der Waals surface area contributed by atoms with Gasteiger partial charge in [0.15, 0.2) is 0 Å². The summed E-state index contributed by atoms with van der Waals surface area (Å²) in [4.78, 5) is 21.9. The maximum absolute atomic E-state index is 8.81. The average Bonchev–Trinajstić information content (AvgIpc) is 3.15. The Balaban J connectivity index is 0.000000941. The van der Waals surface area contributed by atoms with Crippen LogP contribution in [0.1, 0.15) is 38.6 Å². The van der Waals surface area contributed by atoms with Gasteiger partial charge in [-0.1, -0.05) is 25.4 Å². The monoisotopic (exact) mass is 436 g/mol. The standard InChI is InChI=1S/C18H21ClN4O2S.C2H4O/c1-10(2)18-23-17-13(26-18)6-5-12(16(17)19)25-15-8-21-14(7-22-15)24-9-11(3)20-4;1-2-3/h5-8,10-11,20H,9H2,1-4H3;2H,1H3. The highest BCUT2D eigenvalue weighted by atomic mass is 35.5. The average molecular weight is 437 g/mol. The van der Waals surface area contributed by atoms with Crippen LogP contribution in [0, 0.1) is 0 Å². The van der Waals surface area contributed by atoms with E-state index in [1.54, 1.807) is 11.3 Å². The van der Waals surface area contributed by atoms with Crippen LogP contribution in [-0.2, 0) is 4.79 Å². The van der Waals surface area contributed by atoms with E-state index in [0.717, 1.165) is 21.5 Å². The summed E-state index contributed by atoms with van der Waals surface area (Å²) in [6.07, 6.45) is 3.80. The summed E-state index contributed by atoms with van der Waals surface area (Å²) in [5, 5.41) is 4.63. The molecule has 2 heterocycles. The number of halogens is 1. The van der Waals surface area contributed by atoms with Gasteiger partial charge in [-0.15, -0.1) is 11.3 Å². The second-order valence-electron chi connectivity index (χ2n) is 6.46. The molecule has 29 heavy (non-hydrogen) atoms. The molecular formula is C20H25ClN4O3S.